The quantitative estimate of drug-likeness (QED) is 0.885. The fourth-order valence-electron chi connectivity index (χ4n) is 2.20. The Labute approximate surface area is 142 Å². The van der Waals surface area contributed by atoms with Crippen molar-refractivity contribution in [1.29, 1.82) is 0 Å². The number of hydrogen-bond acceptors (Lipinski definition) is 3. The summed E-state index contributed by atoms with van der Waals surface area (Å²) in [5.41, 5.74) is 1.37. The molecular formula is C19H22N2O3. The second kappa shape index (κ2) is 8.15. The Morgan fingerprint density at radius 1 is 1.00 bits per heavy atom. The number of carbonyl (C=O) groups is 2. The van der Waals surface area contributed by atoms with Crippen LogP contribution in [0.5, 0.6) is 5.75 Å². The summed E-state index contributed by atoms with van der Waals surface area (Å²) in [5, 5.41) is 2.81. The zero-order valence-electron chi connectivity index (χ0n) is 14.2. The number of nitrogens with one attached hydrogen (secondary N) is 1. The maximum atomic E-state index is 12.6. The molecule has 2 aromatic carbocycles. The van der Waals surface area contributed by atoms with Gasteiger partial charge in [-0.2, -0.15) is 0 Å². The molecule has 2 amide bonds. The van der Waals surface area contributed by atoms with E-state index < -0.39 is 0 Å². The Kier molecular flexibility index (Phi) is 5.95. The third kappa shape index (κ3) is 4.13. The first-order valence-corrected chi connectivity index (χ1v) is 7.88. The first-order valence-electron chi connectivity index (χ1n) is 7.88. The Morgan fingerprint density at radius 2 is 1.62 bits per heavy atom. The van der Waals surface area contributed by atoms with Gasteiger partial charge in [0.2, 0.25) is 0 Å². The van der Waals surface area contributed by atoms with Crippen molar-refractivity contribution in [3.63, 3.8) is 0 Å². The van der Waals surface area contributed by atoms with E-state index in [9.17, 15) is 9.59 Å². The molecule has 0 radical (unpaired) electrons. The number of anilines is 1. The van der Waals surface area contributed by atoms with Gasteiger partial charge in [0.15, 0.2) is 0 Å². The highest BCUT2D eigenvalue weighted by atomic mass is 16.5. The van der Waals surface area contributed by atoms with Crippen LogP contribution in [-0.2, 0) is 0 Å². The van der Waals surface area contributed by atoms with E-state index in [4.69, 9.17) is 4.74 Å². The third-order valence-corrected chi connectivity index (χ3v) is 3.41. The van der Waals surface area contributed by atoms with Crippen LogP contribution in [0.3, 0.4) is 0 Å². The van der Waals surface area contributed by atoms with Gasteiger partial charge in [-0.1, -0.05) is 31.2 Å². The summed E-state index contributed by atoms with van der Waals surface area (Å²) in [6.45, 7) is 2.55. The molecule has 0 atom stereocenters. The molecule has 0 aliphatic rings. The largest absolute Gasteiger partial charge is 0.493 e. The number of nitrogens with zero attached hydrogens (tertiary/aromatic N) is 1. The average Bonchev–Trinajstić information content (AvgIpc) is 2.60. The number of carbonyl (C=O) groups excluding carboxylic acids is 2. The Balaban J connectivity index is 2.27. The normalized spacial score (nSPS) is 10.1. The van der Waals surface area contributed by atoms with Crippen LogP contribution in [0.2, 0.25) is 0 Å². The molecule has 0 unspecified atom stereocenters. The van der Waals surface area contributed by atoms with E-state index in [-0.39, 0.29) is 11.8 Å². The Morgan fingerprint density at radius 3 is 2.29 bits per heavy atom. The van der Waals surface area contributed by atoms with Gasteiger partial charge in [-0.15, -0.1) is 0 Å². The van der Waals surface area contributed by atoms with Crippen molar-refractivity contribution in [2.75, 3.05) is 26.0 Å². The monoisotopic (exact) mass is 326 g/mol. The van der Waals surface area contributed by atoms with Crippen LogP contribution < -0.4 is 10.1 Å². The predicted octanol–water partition coefficient (Wildman–Crippen LogP) is 3.43. The summed E-state index contributed by atoms with van der Waals surface area (Å²) in [4.78, 5) is 26.3. The third-order valence-electron chi connectivity index (χ3n) is 3.41. The van der Waals surface area contributed by atoms with E-state index in [1.807, 2.05) is 13.0 Å². The van der Waals surface area contributed by atoms with E-state index in [1.54, 1.807) is 56.6 Å². The van der Waals surface area contributed by atoms with E-state index in [0.717, 1.165) is 6.42 Å². The minimum atomic E-state index is -0.305. The van der Waals surface area contributed by atoms with E-state index in [1.165, 1.54) is 4.90 Å². The van der Waals surface area contributed by atoms with Gasteiger partial charge in [0.25, 0.3) is 11.8 Å². The number of benzene rings is 2. The van der Waals surface area contributed by atoms with Gasteiger partial charge in [-0.25, -0.2) is 0 Å². The number of hydrogen-bond donors (Lipinski definition) is 1. The highest BCUT2D eigenvalue weighted by Crippen LogP contribution is 2.22. The minimum absolute atomic E-state index is 0.165. The van der Waals surface area contributed by atoms with Crippen LogP contribution in [0.15, 0.2) is 48.5 Å². The maximum Gasteiger partial charge on any atom is 0.259 e. The van der Waals surface area contributed by atoms with Crippen molar-refractivity contribution in [1.82, 2.24) is 4.90 Å². The molecule has 0 saturated heterocycles. The topological polar surface area (TPSA) is 58.6 Å². The molecule has 0 aliphatic carbocycles. The summed E-state index contributed by atoms with van der Waals surface area (Å²) in [6, 6.07) is 14.0. The minimum Gasteiger partial charge on any atom is -0.493 e. The van der Waals surface area contributed by atoms with Crippen LogP contribution >= 0.6 is 0 Å². The van der Waals surface area contributed by atoms with Gasteiger partial charge >= 0.3 is 0 Å². The van der Waals surface area contributed by atoms with Crippen molar-refractivity contribution in [2.24, 2.45) is 0 Å². The lowest BCUT2D eigenvalue weighted by Gasteiger charge is -2.15. The number of amides is 2. The van der Waals surface area contributed by atoms with Gasteiger partial charge < -0.3 is 15.0 Å². The molecule has 1 N–H and O–H groups in total. The van der Waals surface area contributed by atoms with E-state index in [2.05, 4.69) is 5.32 Å². The molecule has 0 fully saturated rings. The summed E-state index contributed by atoms with van der Waals surface area (Å²) in [5.74, 6) is 0.0652. The van der Waals surface area contributed by atoms with Gasteiger partial charge in [0.1, 0.15) is 5.75 Å². The fraction of sp³-hybridized carbons (Fsp3) is 0.263. The van der Waals surface area contributed by atoms with Crippen molar-refractivity contribution < 1.29 is 14.3 Å². The summed E-state index contributed by atoms with van der Waals surface area (Å²) in [6.07, 6.45) is 0.857. The van der Waals surface area contributed by atoms with Crippen LogP contribution in [0.4, 0.5) is 5.69 Å². The smallest absolute Gasteiger partial charge is 0.259 e. The Bertz CT molecular complexity index is 726. The van der Waals surface area contributed by atoms with Crippen LogP contribution in [0.1, 0.15) is 34.1 Å². The van der Waals surface area contributed by atoms with Crippen molar-refractivity contribution in [2.45, 2.75) is 13.3 Å². The summed E-state index contributed by atoms with van der Waals surface area (Å²) < 4.78 is 5.63. The molecule has 2 rings (SSSR count). The lowest BCUT2D eigenvalue weighted by Crippen LogP contribution is -2.24. The van der Waals surface area contributed by atoms with Crippen LogP contribution in [0.25, 0.3) is 0 Å². The second-order valence-electron chi connectivity index (χ2n) is 5.54. The molecule has 0 heterocycles. The molecule has 0 bridgehead atoms. The summed E-state index contributed by atoms with van der Waals surface area (Å²) in [7, 11) is 3.35. The molecule has 126 valence electrons. The zero-order valence-corrected chi connectivity index (χ0v) is 14.2. The molecule has 0 spiro atoms. The molecule has 0 aromatic heterocycles. The molecule has 2 aromatic rings. The number of rotatable bonds is 6. The van der Waals surface area contributed by atoms with Crippen LogP contribution in [0, 0.1) is 0 Å². The standard InChI is InChI=1S/C19H22N2O3/c1-4-13-24-17-12-8-6-10-15(17)18(22)20-16-11-7-5-9-14(16)19(23)21(2)3/h5-12H,4,13H2,1-3H3,(H,20,22). The highest BCUT2D eigenvalue weighted by Gasteiger charge is 2.17. The molecule has 5 nitrogen and oxygen atoms in total. The van der Waals surface area contributed by atoms with Crippen LogP contribution in [-0.4, -0.2) is 37.4 Å². The van der Waals surface area contributed by atoms with Gasteiger partial charge in [0, 0.05) is 14.1 Å². The number of para-hydroxylation sites is 2. The number of ether oxygens (including phenoxy) is 1. The van der Waals surface area contributed by atoms with Crippen molar-refractivity contribution in [3.05, 3.63) is 59.7 Å². The second-order valence-corrected chi connectivity index (χ2v) is 5.54. The zero-order chi connectivity index (χ0) is 17.5. The molecular weight excluding hydrogens is 304 g/mol. The molecule has 0 saturated carbocycles. The van der Waals surface area contributed by atoms with Gasteiger partial charge in [-0.3, -0.25) is 9.59 Å². The van der Waals surface area contributed by atoms with E-state index >= 15 is 0 Å². The molecule has 0 aliphatic heterocycles. The first-order chi connectivity index (χ1) is 11.5. The Hall–Kier alpha value is -2.82. The molecule has 5 heteroatoms. The van der Waals surface area contributed by atoms with E-state index in [0.29, 0.717) is 29.2 Å². The lowest BCUT2D eigenvalue weighted by molar-refractivity contribution is 0.0828. The highest BCUT2D eigenvalue weighted by molar-refractivity contribution is 6.10. The van der Waals surface area contributed by atoms with Gasteiger partial charge in [0.05, 0.1) is 23.4 Å². The summed E-state index contributed by atoms with van der Waals surface area (Å²) >= 11 is 0. The van der Waals surface area contributed by atoms with Crippen molar-refractivity contribution >= 4 is 17.5 Å². The first kappa shape index (κ1) is 17.5. The molecule has 24 heavy (non-hydrogen) atoms. The fourth-order valence-corrected chi connectivity index (χ4v) is 2.20. The predicted molar refractivity (Wildman–Crippen MR) is 94.6 cm³/mol. The average molecular weight is 326 g/mol. The maximum absolute atomic E-state index is 12.6. The van der Waals surface area contributed by atoms with Gasteiger partial charge in [-0.05, 0) is 30.7 Å². The lowest BCUT2D eigenvalue weighted by atomic mass is 10.1. The SMILES string of the molecule is CCCOc1ccccc1C(=O)Nc1ccccc1C(=O)N(C)C. The van der Waals surface area contributed by atoms with Crippen molar-refractivity contribution in [3.8, 4) is 5.75 Å².